The number of hydrogen-bond acceptors (Lipinski definition) is 2. The van der Waals surface area contributed by atoms with Crippen LogP contribution in [0.15, 0.2) is 0 Å². The van der Waals surface area contributed by atoms with Crippen LogP contribution in [0.5, 0.6) is 0 Å². The first kappa shape index (κ1) is 8.53. The molecule has 0 radical (unpaired) electrons. The van der Waals surface area contributed by atoms with Crippen molar-refractivity contribution in [1.29, 1.82) is 0 Å². The molecule has 1 rings (SSSR count). The molecule has 1 amide bonds. The second kappa shape index (κ2) is 3.22. The highest BCUT2D eigenvalue weighted by molar-refractivity contribution is 5.78. The van der Waals surface area contributed by atoms with Crippen LogP contribution in [0.2, 0.25) is 0 Å². The Hall–Kier alpha value is -0.570. The maximum Gasteiger partial charge on any atom is 0.246 e. The minimum Gasteiger partial charge on any atom is -0.369 e. The summed E-state index contributed by atoms with van der Waals surface area (Å²) >= 11 is 0. The number of amides is 1. The van der Waals surface area contributed by atoms with Crippen molar-refractivity contribution in [2.45, 2.75) is 32.2 Å². The lowest BCUT2D eigenvalue weighted by atomic mass is 9.96. The summed E-state index contributed by atoms with van der Waals surface area (Å²) in [5.74, 6) is 0.00667. The van der Waals surface area contributed by atoms with Gasteiger partial charge in [-0.3, -0.25) is 4.79 Å². The van der Waals surface area contributed by atoms with Gasteiger partial charge in [0.1, 0.15) is 6.61 Å². The van der Waals surface area contributed by atoms with Crippen LogP contribution < -0.4 is 5.32 Å². The fourth-order valence-electron chi connectivity index (χ4n) is 1.46. The van der Waals surface area contributed by atoms with E-state index in [2.05, 4.69) is 12.2 Å². The Morgan fingerprint density at radius 3 is 3.00 bits per heavy atom. The van der Waals surface area contributed by atoms with E-state index < -0.39 is 0 Å². The number of morpholine rings is 1. The Bertz CT molecular complexity index is 154. The lowest BCUT2D eigenvalue weighted by Crippen LogP contribution is -2.54. The van der Waals surface area contributed by atoms with Crippen molar-refractivity contribution in [3.8, 4) is 0 Å². The molecule has 0 spiro atoms. The fraction of sp³-hybridized carbons (Fsp3) is 0.875. The molecule has 1 fully saturated rings. The highest BCUT2D eigenvalue weighted by Gasteiger charge is 2.29. The van der Waals surface area contributed by atoms with Gasteiger partial charge in [0.05, 0.1) is 12.1 Å². The molecule has 1 unspecified atom stereocenters. The van der Waals surface area contributed by atoms with Crippen LogP contribution in [-0.2, 0) is 9.53 Å². The van der Waals surface area contributed by atoms with E-state index in [0.29, 0.717) is 6.61 Å². The Morgan fingerprint density at radius 1 is 1.73 bits per heavy atom. The molecule has 1 N–H and O–H groups in total. The smallest absolute Gasteiger partial charge is 0.246 e. The van der Waals surface area contributed by atoms with E-state index in [4.69, 9.17) is 4.74 Å². The van der Waals surface area contributed by atoms with Crippen molar-refractivity contribution in [2.24, 2.45) is 0 Å². The van der Waals surface area contributed by atoms with Gasteiger partial charge >= 0.3 is 0 Å². The van der Waals surface area contributed by atoms with Gasteiger partial charge in [0.15, 0.2) is 0 Å². The van der Waals surface area contributed by atoms with Crippen LogP contribution in [0.25, 0.3) is 0 Å². The normalized spacial score (nSPS) is 31.6. The molecule has 1 aliphatic rings. The monoisotopic (exact) mass is 157 g/mol. The molecule has 3 heteroatoms. The number of rotatable bonds is 2. The van der Waals surface area contributed by atoms with E-state index in [1.54, 1.807) is 0 Å². The summed E-state index contributed by atoms with van der Waals surface area (Å²) in [5.41, 5.74) is -0.121. The van der Waals surface area contributed by atoms with Crippen molar-refractivity contribution in [3.63, 3.8) is 0 Å². The van der Waals surface area contributed by atoms with Gasteiger partial charge in [-0.2, -0.15) is 0 Å². The summed E-state index contributed by atoms with van der Waals surface area (Å²) in [7, 11) is 0. The first-order valence-electron chi connectivity index (χ1n) is 4.05. The van der Waals surface area contributed by atoms with Crippen LogP contribution in [0.3, 0.4) is 0 Å². The number of carbonyl (C=O) groups is 1. The van der Waals surface area contributed by atoms with Gasteiger partial charge in [-0.15, -0.1) is 0 Å². The Kier molecular flexibility index (Phi) is 2.49. The molecule has 11 heavy (non-hydrogen) atoms. The lowest BCUT2D eigenvalue weighted by Gasteiger charge is -2.34. The second-order valence-electron chi connectivity index (χ2n) is 3.35. The zero-order valence-electron chi connectivity index (χ0n) is 7.14. The van der Waals surface area contributed by atoms with E-state index in [9.17, 15) is 4.79 Å². The van der Waals surface area contributed by atoms with E-state index >= 15 is 0 Å². The van der Waals surface area contributed by atoms with Gasteiger partial charge < -0.3 is 10.1 Å². The Labute approximate surface area is 67.1 Å². The predicted molar refractivity (Wildman–Crippen MR) is 42.3 cm³/mol. The van der Waals surface area contributed by atoms with Crippen molar-refractivity contribution >= 4 is 5.91 Å². The van der Waals surface area contributed by atoms with Gasteiger partial charge in [0.25, 0.3) is 0 Å². The molecule has 0 aliphatic carbocycles. The summed E-state index contributed by atoms with van der Waals surface area (Å²) in [6.45, 7) is 4.99. The van der Waals surface area contributed by atoms with Crippen molar-refractivity contribution in [2.75, 3.05) is 13.2 Å². The number of hydrogen-bond donors (Lipinski definition) is 1. The molecule has 64 valence electrons. The molecule has 0 saturated carbocycles. The van der Waals surface area contributed by atoms with Gasteiger partial charge in [-0.05, 0) is 13.3 Å². The van der Waals surface area contributed by atoms with Gasteiger partial charge in [0, 0.05) is 0 Å². The number of ether oxygens (including phenoxy) is 1. The van der Waals surface area contributed by atoms with Crippen LogP contribution in [-0.4, -0.2) is 24.7 Å². The molecule has 0 bridgehead atoms. The largest absolute Gasteiger partial charge is 0.369 e. The number of carbonyl (C=O) groups excluding carboxylic acids is 1. The predicted octanol–water partition coefficient (Wildman–Crippen LogP) is 0.692. The van der Waals surface area contributed by atoms with Gasteiger partial charge in [0.2, 0.25) is 5.91 Å². The summed E-state index contributed by atoms with van der Waals surface area (Å²) in [4.78, 5) is 10.9. The van der Waals surface area contributed by atoms with Crippen LogP contribution in [0, 0.1) is 0 Å². The molecule has 0 aromatic heterocycles. The lowest BCUT2D eigenvalue weighted by molar-refractivity contribution is -0.134. The topological polar surface area (TPSA) is 38.3 Å². The molecule has 1 saturated heterocycles. The minimum absolute atomic E-state index is 0.00667. The fourth-order valence-corrected chi connectivity index (χ4v) is 1.46. The molecular formula is C8H15NO2. The second-order valence-corrected chi connectivity index (χ2v) is 3.35. The third-order valence-corrected chi connectivity index (χ3v) is 1.90. The molecule has 0 aromatic carbocycles. The quantitative estimate of drug-likeness (QED) is 0.640. The zero-order chi connectivity index (χ0) is 8.32. The zero-order valence-corrected chi connectivity index (χ0v) is 7.14. The van der Waals surface area contributed by atoms with Crippen LogP contribution in [0.4, 0.5) is 0 Å². The molecule has 1 aliphatic heterocycles. The van der Waals surface area contributed by atoms with E-state index in [1.807, 2.05) is 6.92 Å². The van der Waals surface area contributed by atoms with Gasteiger partial charge in [-0.25, -0.2) is 0 Å². The highest BCUT2D eigenvalue weighted by atomic mass is 16.5. The third kappa shape index (κ3) is 2.19. The summed E-state index contributed by atoms with van der Waals surface area (Å²) in [5, 5.41) is 2.93. The minimum atomic E-state index is -0.121. The first-order chi connectivity index (χ1) is 5.16. The summed E-state index contributed by atoms with van der Waals surface area (Å²) in [6.07, 6.45) is 2.05. The third-order valence-electron chi connectivity index (χ3n) is 1.90. The van der Waals surface area contributed by atoms with Gasteiger partial charge in [-0.1, -0.05) is 13.3 Å². The first-order valence-corrected chi connectivity index (χ1v) is 4.05. The summed E-state index contributed by atoms with van der Waals surface area (Å²) in [6, 6.07) is 0. The van der Waals surface area contributed by atoms with Crippen molar-refractivity contribution < 1.29 is 9.53 Å². The van der Waals surface area contributed by atoms with E-state index in [1.165, 1.54) is 0 Å². The highest BCUT2D eigenvalue weighted by Crippen LogP contribution is 2.15. The Balaban J connectivity index is 2.48. The molecule has 3 nitrogen and oxygen atoms in total. The molecule has 1 heterocycles. The standard InChI is InChI=1S/C8H15NO2/c1-3-4-8(2)6-11-5-7(10)9-8/h3-6H2,1-2H3,(H,9,10). The van der Waals surface area contributed by atoms with Crippen LogP contribution in [0.1, 0.15) is 26.7 Å². The maximum atomic E-state index is 10.9. The van der Waals surface area contributed by atoms with E-state index in [-0.39, 0.29) is 18.1 Å². The molecular weight excluding hydrogens is 142 g/mol. The molecule has 1 atom stereocenters. The van der Waals surface area contributed by atoms with Crippen LogP contribution >= 0.6 is 0 Å². The average molecular weight is 157 g/mol. The summed E-state index contributed by atoms with van der Waals surface area (Å²) < 4.78 is 5.14. The number of nitrogens with one attached hydrogen (secondary N) is 1. The van der Waals surface area contributed by atoms with E-state index in [0.717, 1.165) is 12.8 Å². The maximum absolute atomic E-state index is 10.9. The van der Waals surface area contributed by atoms with Crippen molar-refractivity contribution in [1.82, 2.24) is 5.32 Å². The SMILES string of the molecule is CCCC1(C)COCC(=O)N1. The average Bonchev–Trinajstić information content (AvgIpc) is 1.86. The Morgan fingerprint density at radius 2 is 2.45 bits per heavy atom. The molecule has 0 aromatic rings. The van der Waals surface area contributed by atoms with Crippen molar-refractivity contribution in [3.05, 3.63) is 0 Å².